The number of sulfonamides is 1. The molecule has 5 aromatic rings. The fourth-order valence-electron chi connectivity index (χ4n) is 4.42. The smallest absolute Gasteiger partial charge is 0.264 e. The second-order valence-corrected chi connectivity index (χ2v) is 14.2. The zero-order chi connectivity index (χ0) is 29.9. The number of nitrogens with zero attached hydrogens (tertiary/aromatic N) is 4. The van der Waals surface area contributed by atoms with Crippen LogP contribution in [0.3, 0.4) is 0 Å². The first-order valence-electron chi connectivity index (χ1n) is 13.4. The van der Waals surface area contributed by atoms with E-state index in [1.54, 1.807) is 61.1 Å². The van der Waals surface area contributed by atoms with Crippen molar-refractivity contribution >= 4 is 43.0 Å². The highest BCUT2D eigenvalue weighted by Crippen LogP contribution is 2.33. The summed E-state index contributed by atoms with van der Waals surface area (Å²) in [6.07, 6.45) is 3.34. The van der Waals surface area contributed by atoms with Crippen LogP contribution in [-0.4, -0.2) is 30.4 Å². The summed E-state index contributed by atoms with van der Waals surface area (Å²) in [5, 5.41) is 12.9. The number of amides is 1. The predicted octanol–water partition coefficient (Wildman–Crippen LogP) is 6.19. The van der Waals surface area contributed by atoms with Crippen molar-refractivity contribution in [2.75, 3.05) is 10.8 Å². The quantitative estimate of drug-likeness (QED) is 0.218. The van der Waals surface area contributed by atoms with Gasteiger partial charge in [-0.05, 0) is 64.9 Å². The van der Waals surface area contributed by atoms with Crippen molar-refractivity contribution in [3.8, 4) is 6.07 Å². The van der Waals surface area contributed by atoms with E-state index in [0.29, 0.717) is 34.9 Å². The summed E-state index contributed by atoms with van der Waals surface area (Å²) in [6, 6.07) is 25.0. The molecule has 5 rings (SSSR count). The highest BCUT2D eigenvalue weighted by molar-refractivity contribution is 7.92. The number of carbonyl (C=O) groups excluding carboxylic acids is 1. The van der Waals surface area contributed by atoms with Crippen LogP contribution >= 0.6 is 11.3 Å². The molecule has 0 aliphatic heterocycles. The lowest BCUT2D eigenvalue weighted by Gasteiger charge is -2.25. The SMILES string of the molecule is CC(C)(C)CNC(=O)c1cc2cc(N(Cc3cncn3Cc3ccc(C#N)cc3)S(=O)(=O)c3ccccc3)ccc2s1. The normalized spacial score (nSPS) is 11.8. The molecule has 8 nitrogen and oxygen atoms in total. The van der Waals surface area contributed by atoms with Crippen LogP contribution in [0.2, 0.25) is 0 Å². The van der Waals surface area contributed by atoms with Gasteiger partial charge in [0.1, 0.15) is 0 Å². The summed E-state index contributed by atoms with van der Waals surface area (Å²) in [6.45, 7) is 7.23. The molecule has 1 N–H and O–H groups in total. The van der Waals surface area contributed by atoms with E-state index in [4.69, 9.17) is 5.26 Å². The van der Waals surface area contributed by atoms with Gasteiger partial charge in [0, 0.05) is 24.0 Å². The number of hydrogen-bond acceptors (Lipinski definition) is 6. The van der Waals surface area contributed by atoms with Gasteiger partial charge in [0.05, 0.1) is 45.7 Å². The van der Waals surface area contributed by atoms with E-state index in [0.717, 1.165) is 15.6 Å². The second kappa shape index (κ2) is 11.8. The Morgan fingerprint density at radius 2 is 1.79 bits per heavy atom. The number of anilines is 1. The highest BCUT2D eigenvalue weighted by Gasteiger charge is 2.27. The minimum Gasteiger partial charge on any atom is -0.351 e. The van der Waals surface area contributed by atoms with Gasteiger partial charge in [0.25, 0.3) is 15.9 Å². The third kappa shape index (κ3) is 6.54. The number of aromatic nitrogens is 2. The van der Waals surface area contributed by atoms with Crippen molar-refractivity contribution in [3.63, 3.8) is 0 Å². The molecule has 2 aromatic heterocycles. The van der Waals surface area contributed by atoms with Gasteiger partial charge in [0.15, 0.2) is 0 Å². The third-order valence-corrected chi connectivity index (χ3v) is 9.57. The Morgan fingerprint density at radius 1 is 1.05 bits per heavy atom. The van der Waals surface area contributed by atoms with Gasteiger partial charge in [-0.2, -0.15) is 5.26 Å². The van der Waals surface area contributed by atoms with Gasteiger partial charge in [-0.25, -0.2) is 13.4 Å². The van der Waals surface area contributed by atoms with Crippen molar-refractivity contribution in [1.82, 2.24) is 14.9 Å². The molecule has 3 aromatic carbocycles. The Kier molecular flexibility index (Phi) is 8.16. The Hall–Kier alpha value is -4.46. The van der Waals surface area contributed by atoms with Crippen molar-refractivity contribution in [2.45, 2.75) is 38.8 Å². The lowest BCUT2D eigenvalue weighted by Crippen LogP contribution is -2.31. The van der Waals surface area contributed by atoms with E-state index in [1.807, 2.05) is 34.9 Å². The maximum absolute atomic E-state index is 14.0. The zero-order valence-corrected chi connectivity index (χ0v) is 25.2. The van der Waals surface area contributed by atoms with Crippen LogP contribution in [0, 0.1) is 16.7 Å². The van der Waals surface area contributed by atoms with Crippen LogP contribution in [0.1, 0.15) is 47.3 Å². The molecule has 0 bridgehead atoms. The summed E-state index contributed by atoms with van der Waals surface area (Å²) in [5.41, 5.74) is 2.67. The third-order valence-electron chi connectivity index (χ3n) is 6.66. The largest absolute Gasteiger partial charge is 0.351 e. The van der Waals surface area contributed by atoms with Gasteiger partial charge in [0.2, 0.25) is 0 Å². The first-order valence-corrected chi connectivity index (χ1v) is 15.7. The molecule has 0 aliphatic carbocycles. The van der Waals surface area contributed by atoms with E-state index in [1.165, 1.54) is 15.6 Å². The van der Waals surface area contributed by atoms with Gasteiger partial charge in [-0.1, -0.05) is 51.1 Å². The van der Waals surface area contributed by atoms with E-state index in [9.17, 15) is 13.2 Å². The maximum Gasteiger partial charge on any atom is 0.264 e. The van der Waals surface area contributed by atoms with Crippen LogP contribution in [0.25, 0.3) is 10.1 Å². The molecule has 0 saturated carbocycles. The molecule has 0 fully saturated rings. The molecule has 0 unspecified atom stereocenters. The Morgan fingerprint density at radius 3 is 2.48 bits per heavy atom. The molecule has 10 heteroatoms. The minimum atomic E-state index is -3.95. The number of imidazole rings is 1. The van der Waals surface area contributed by atoms with E-state index >= 15 is 0 Å². The number of hydrogen-bond donors (Lipinski definition) is 1. The molecule has 214 valence electrons. The van der Waals surface area contributed by atoms with Crippen molar-refractivity contribution in [3.05, 3.63) is 113 Å². The predicted molar refractivity (Wildman–Crippen MR) is 166 cm³/mol. The lowest BCUT2D eigenvalue weighted by atomic mass is 9.97. The number of benzene rings is 3. The summed E-state index contributed by atoms with van der Waals surface area (Å²) >= 11 is 1.38. The monoisotopic (exact) mass is 597 g/mol. The molecular weight excluding hydrogens is 567 g/mol. The average Bonchev–Trinajstić information content (AvgIpc) is 3.61. The Balaban J connectivity index is 1.50. The first kappa shape index (κ1) is 29.0. The van der Waals surface area contributed by atoms with Crippen LogP contribution in [-0.2, 0) is 23.1 Å². The molecule has 0 atom stereocenters. The Bertz CT molecular complexity index is 1860. The van der Waals surface area contributed by atoms with Crippen LogP contribution in [0.15, 0.2) is 96.3 Å². The average molecular weight is 598 g/mol. The van der Waals surface area contributed by atoms with Crippen molar-refractivity contribution < 1.29 is 13.2 Å². The topological polar surface area (TPSA) is 108 Å². The molecule has 2 heterocycles. The van der Waals surface area contributed by atoms with Gasteiger partial charge in [-0.3, -0.25) is 9.10 Å². The molecular formula is C32H31N5O3S2. The van der Waals surface area contributed by atoms with E-state index in [-0.39, 0.29) is 22.8 Å². The summed E-state index contributed by atoms with van der Waals surface area (Å²) in [5.74, 6) is -0.145. The van der Waals surface area contributed by atoms with Gasteiger partial charge >= 0.3 is 0 Å². The molecule has 0 spiro atoms. The number of fused-ring (bicyclic) bond motifs is 1. The van der Waals surface area contributed by atoms with Crippen molar-refractivity contribution in [1.29, 1.82) is 5.26 Å². The molecule has 0 radical (unpaired) electrons. The number of nitrogens with one attached hydrogen (secondary N) is 1. The second-order valence-electron chi connectivity index (χ2n) is 11.2. The summed E-state index contributed by atoms with van der Waals surface area (Å²) in [7, 11) is -3.95. The minimum absolute atomic E-state index is 0.0432. The fraction of sp³-hybridized carbons (Fsp3) is 0.219. The summed E-state index contributed by atoms with van der Waals surface area (Å²) < 4.78 is 32.2. The molecule has 1 amide bonds. The summed E-state index contributed by atoms with van der Waals surface area (Å²) in [4.78, 5) is 17.9. The molecule has 42 heavy (non-hydrogen) atoms. The number of rotatable bonds is 9. The fourth-order valence-corrected chi connectivity index (χ4v) is 6.82. The van der Waals surface area contributed by atoms with Crippen LogP contribution in [0.5, 0.6) is 0 Å². The van der Waals surface area contributed by atoms with E-state index in [2.05, 4.69) is 37.1 Å². The zero-order valence-electron chi connectivity index (χ0n) is 23.6. The highest BCUT2D eigenvalue weighted by atomic mass is 32.2. The van der Waals surface area contributed by atoms with Crippen molar-refractivity contribution in [2.24, 2.45) is 5.41 Å². The van der Waals surface area contributed by atoms with Gasteiger partial charge in [-0.15, -0.1) is 11.3 Å². The number of thiophene rings is 1. The first-order chi connectivity index (χ1) is 20.0. The molecule has 0 saturated heterocycles. The number of nitriles is 1. The van der Waals surface area contributed by atoms with Gasteiger partial charge < -0.3 is 9.88 Å². The Labute approximate surface area is 249 Å². The number of carbonyl (C=O) groups is 1. The van der Waals surface area contributed by atoms with Crippen LogP contribution in [0.4, 0.5) is 5.69 Å². The van der Waals surface area contributed by atoms with Crippen LogP contribution < -0.4 is 9.62 Å². The molecule has 0 aliphatic rings. The lowest BCUT2D eigenvalue weighted by molar-refractivity contribution is 0.0943. The van der Waals surface area contributed by atoms with E-state index < -0.39 is 10.0 Å². The maximum atomic E-state index is 14.0. The standard InChI is InChI=1S/C32H31N5O3S2/c1-32(2,3)21-35-31(38)30-16-25-15-26(13-14-29(25)41-30)37(42(39,40)28-7-5-4-6-8-28)20-27-18-34-22-36(27)19-24-11-9-23(17-33)10-12-24/h4-16,18,22H,19-21H2,1-3H3,(H,35,38).